The van der Waals surface area contributed by atoms with Crippen molar-refractivity contribution in [2.24, 2.45) is 0 Å². The number of nitrogens with one attached hydrogen (secondary N) is 1. The molecule has 0 aromatic heterocycles. The Morgan fingerprint density at radius 3 is 2.35 bits per heavy atom. The number of benzene rings is 1. The fourth-order valence-corrected chi connectivity index (χ4v) is 4.01. The van der Waals surface area contributed by atoms with Crippen LogP contribution >= 0.6 is 11.6 Å². The van der Waals surface area contributed by atoms with Gasteiger partial charge in [0, 0.05) is 16.4 Å². The maximum absolute atomic E-state index is 12.1. The Morgan fingerprint density at radius 2 is 1.85 bits per heavy atom. The maximum Gasteiger partial charge on any atom is 0.193 e. The number of hydrogen-bond donors (Lipinski definition) is 1. The van der Waals surface area contributed by atoms with E-state index in [1.54, 1.807) is 0 Å². The van der Waals surface area contributed by atoms with Crippen molar-refractivity contribution in [1.29, 1.82) is 0 Å². The van der Waals surface area contributed by atoms with Crippen LogP contribution in [0.2, 0.25) is 23.2 Å². The monoisotopic (exact) mass is 415 g/mol. The SMILES string of the molecule is CC(C)(C)[S+]([O-])NCC=CC(O[Si](C)(C)C(C)(C)C)c1cccc(Cl)c1. The highest BCUT2D eigenvalue weighted by Gasteiger charge is 2.39. The van der Waals surface area contributed by atoms with Gasteiger partial charge in [0.2, 0.25) is 0 Å². The average Bonchev–Trinajstić information content (AvgIpc) is 2.47. The summed E-state index contributed by atoms with van der Waals surface area (Å²) in [5.41, 5.74) is 1.04. The van der Waals surface area contributed by atoms with E-state index >= 15 is 0 Å². The van der Waals surface area contributed by atoms with E-state index in [0.29, 0.717) is 11.6 Å². The lowest BCUT2D eigenvalue weighted by molar-refractivity contribution is 0.229. The molecule has 2 atom stereocenters. The molecule has 1 rings (SSSR count). The molecule has 148 valence electrons. The van der Waals surface area contributed by atoms with Crippen molar-refractivity contribution in [1.82, 2.24) is 4.72 Å². The van der Waals surface area contributed by atoms with Gasteiger partial charge in [0.1, 0.15) is 4.75 Å². The highest BCUT2D eigenvalue weighted by Crippen LogP contribution is 2.40. The van der Waals surface area contributed by atoms with Gasteiger partial charge in [0.05, 0.1) is 12.6 Å². The Labute approximate surface area is 169 Å². The fraction of sp³-hybridized carbons (Fsp3) is 0.600. The van der Waals surface area contributed by atoms with Gasteiger partial charge >= 0.3 is 0 Å². The summed E-state index contributed by atoms with van der Waals surface area (Å²) in [6, 6.07) is 7.80. The molecule has 1 aromatic carbocycles. The molecule has 0 radical (unpaired) electrons. The van der Waals surface area contributed by atoms with Gasteiger partial charge in [-0.05, 0) is 56.6 Å². The zero-order chi connectivity index (χ0) is 20.2. The first-order valence-electron chi connectivity index (χ1n) is 8.99. The van der Waals surface area contributed by atoms with Crippen LogP contribution in [0.3, 0.4) is 0 Å². The average molecular weight is 416 g/mol. The molecule has 2 unspecified atom stereocenters. The van der Waals surface area contributed by atoms with E-state index in [4.69, 9.17) is 16.0 Å². The van der Waals surface area contributed by atoms with Gasteiger partial charge in [-0.15, -0.1) is 4.72 Å². The molecule has 0 bridgehead atoms. The van der Waals surface area contributed by atoms with Crippen LogP contribution in [0, 0.1) is 0 Å². The van der Waals surface area contributed by atoms with Crippen molar-refractivity contribution in [3.63, 3.8) is 0 Å². The normalized spacial score (nSPS) is 16.1. The Bertz CT molecular complexity index is 609. The molecule has 0 aliphatic carbocycles. The van der Waals surface area contributed by atoms with Crippen LogP contribution in [0.5, 0.6) is 0 Å². The Morgan fingerprint density at radius 1 is 1.23 bits per heavy atom. The lowest BCUT2D eigenvalue weighted by atomic mass is 10.1. The van der Waals surface area contributed by atoms with Crippen molar-refractivity contribution in [2.45, 2.75) is 70.5 Å². The van der Waals surface area contributed by atoms with E-state index in [2.05, 4.69) is 38.6 Å². The molecular formula is C20H34ClNO2SSi. The number of halogens is 1. The van der Waals surface area contributed by atoms with Crippen LogP contribution in [-0.4, -0.2) is 24.2 Å². The minimum atomic E-state index is -1.95. The molecule has 0 amide bonds. The van der Waals surface area contributed by atoms with Crippen LogP contribution in [-0.2, 0) is 15.8 Å². The largest absolute Gasteiger partial charge is 0.598 e. The van der Waals surface area contributed by atoms with Crippen LogP contribution in [0.25, 0.3) is 0 Å². The molecule has 0 fully saturated rings. The lowest BCUT2D eigenvalue weighted by Crippen LogP contribution is -2.41. The number of hydrogen-bond acceptors (Lipinski definition) is 3. The lowest BCUT2D eigenvalue weighted by Gasteiger charge is -2.38. The first-order chi connectivity index (χ1) is 11.7. The molecule has 0 heterocycles. The standard InChI is InChI=1S/C20H34ClNO2SSi/c1-19(2,3)25(23)22-14-10-13-18(16-11-9-12-17(21)15-16)24-26(7,8)20(4,5)6/h9-13,15,18,22H,14H2,1-8H3. The van der Waals surface area contributed by atoms with Gasteiger partial charge in [-0.2, -0.15) is 0 Å². The van der Waals surface area contributed by atoms with Crippen LogP contribution in [0.4, 0.5) is 0 Å². The Balaban J connectivity index is 2.94. The third-order valence-electron chi connectivity index (χ3n) is 4.60. The smallest absolute Gasteiger partial charge is 0.193 e. The van der Waals surface area contributed by atoms with Gasteiger partial charge in [-0.25, -0.2) is 0 Å². The molecule has 0 saturated carbocycles. The first kappa shape index (κ1) is 23.7. The third-order valence-corrected chi connectivity index (χ3v) is 10.8. The molecule has 26 heavy (non-hydrogen) atoms. The molecule has 1 aromatic rings. The second-order valence-electron chi connectivity index (χ2n) is 9.01. The van der Waals surface area contributed by atoms with Crippen molar-refractivity contribution in [3.8, 4) is 0 Å². The van der Waals surface area contributed by atoms with E-state index in [0.717, 1.165) is 5.56 Å². The molecule has 0 aliphatic heterocycles. The summed E-state index contributed by atoms with van der Waals surface area (Å²) < 4.78 is 21.5. The topological polar surface area (TPSA) is 44.3 Å². The van der Waals surface area contributed by atoms with E-state index in [1.165, 1.54) is 0 Å². The fourth-order valence-electron chi connectivity index (χ4n) is 1.93. The van der Waals surface area contributed by atoms with Gasteiger partial charge in [0.15, 0.2) is 8.32 Å². The molecule has 1 N–H and O–H groups in total. The van der Waals surface area contributed by atoms with Gasteiger partial charge in [-0.3, -0.25) is 0 Å². The molecule has 0 saturated heterocycles. The summed E-state index contributed by atoms with van der Waals surface area (Å²) >= 11 is 5.09. The predicted molar refractivity (Wildman–Crippen MR) is 118 cm³/mol. The van der Waals surface area contributed by atoms with Crippen molar-refractivity contribution >= 4 is 31.3 Å². The van der Waals surface area contributed by atoms with E-state index in [-0.39, 0.29) is 15.9 Å². The zero-order valence-corrected chi connectivity index (χ0v) is 19.9. The highest BCUT2D eigenvalue weighted by atomic mass is 35.5. The minimum Gasteiger partial charge on any atom is -0.598 e. The second-order valence-corrected chi connectivity index (χ2v) is 16.3. The third kappa shape index (κ3) is 7.37. The predicted octanol–water partition coefficient (Wildman–Crippen LogP) is 6.01. The first-order valence-corrected chi connectivity index (χ1v) is 13.4. The van der Waals surface area contributed by atoms with Gasteiger partial charge < -0.3 is 8.98 Å². The highest BCUT2D eigenvalue weighted by molar-refractivity contribution is 7.90. The minimum absolute atomic E-state index is 0.115. The van der Waals surface area contributed by atoms with Crippen molar-refractivity contribution < 1.29 is 8.98 Å². The van der Waals surface area contributed by atoms with E-state index < -0.39 is 19.7 Å². The van der Waals surface area contributed by atoms with Crippen molar-refractivity contribution in [3.05, 3.63) is 47.0 Å². The van der Waals surface area contributed by atoms with Crippen LogP contribution in [0.1, 0.15) is 53.2 Å². The van der Waals surface area contributed by atoms with Gasteiger partial charge in [-0.1, -0.05) is 56.7 Å². The van der Waals surface area contributed by atoms with Crippen LogP contribution < -0.4 is 4.72 Å². The Kier molecular flexibility index (Phi) is 8.45. The summed E-state index contributed by atoms with van der Waals surface area (Å²) in [7, 11) is -1.95. The summed E-state index contributed by atoms with van der Waals surface area (Å²) in [5.74, 6) is 0. The summed E-state index contributed by atoms with van der Waals surface area (Å²) in [4.78, 5) is 0. The quantitative estimate of drug-likeness (QED) is 0.336. The molecule has 3 nitrogen and oxygen atoms in total. The summed E-state index contributed by atoms with van der Waals surface area (Å²) in [6.07, 6.45) is 3.86. The number of rotatable bonds is 7. The van der Waals surface area contributed by atoms with Crippen LogP contribution in [0.15, 0.2) is 36.4 Å². The zero-order valence-electron chi connectivity index (χ0n) is 17.4. The molecule has 0 spiro atoms. The molecular weight excluding hydrogens is 382 g/mol. The second kappa shape index (κ2) is 9.26. The summed E-state index contributed by atoms with van der Waals surface area (Å²) in [5, 5.41) is 0.815. The Hall–Kier alpha value is -0.303. The molecule has 6 heteroatoms. The van der Waals surface area contributed by atoms with E-state index in [9.17, 15) is 4.55 Å². The van der Waals surface area contributed by atoms with E-state index in [1.807, 2.05) is 57.2 Å². The van der Waals surface area contributed by atoms with Crippen molar-refractivity contribution in [2.75, 3.05) is 6.54 Å². The van der Waals surface area contributed by atoms with Gasteiger partial charge in [0.25, 0.3) is 0 Å². The molecule has 0 aliphatic rings. The maximum atomic E-state index is 12.1. The summed E-state index contributed by atoms with van der Waals surface area (Å²) in [6.45, 7) is 17.6.